The number of nitrogens with zero attached hydrogens (tertiary/aromatic N) is 1. The molecule has 0 unspecified atom stereocenters. The molecule has 146 valence electrons. The van der Waals surface area contributed by atoms with Crippen LogP contribution in [-0.2, 0) is 21.4 Å². The van der Waals surface area contributed by atoms with Crippen molar-refractivity contribution in [3.05, 3.63) is 35.6 Å². The Morgan fingerprint density at radius 1 is 1.19 bits per heavy atom. The molecule has 3 rings (SSSR count). The summed E-state index contributed by atoms with van der Waals surface area (Å²) in [6, 6.07) is 5.74. The molecule has 27 heavy (non-hydrogen) atoms. The van der Waals surface area contributed by atoms with Gasteiger partial charge in [0.2, 0.25) is 10.8 Å². The van der Waals surface area contributed by atoms with E-state index >= 15 is 0 Å². The number of hydrogen-bond acceptors (Lipinski definition) is 8. The minimum Gasteiger partial charge on any atom is -0.493 e. The van der Waals surface area contributed by atoms with Crippen molar-refractivity contribution < 1.29 is 36.6 Å². The molecule has 0 spiro atoms. The van der Waals surface area contributed by atoms with Crippen molar-refractivity contribution in [1.82, 2.24) is 4.31 Å². The first-order valence-corrected chi connectivity index (χ1v) is 9.43. The monoisotopic (exact) mass is 397 g/mol. The van der Waals surface area contributed by atoms with E-state index in [1.807, 2.05) is 0 Å². The number of rotatable bonds is 6. The Morgan fingerprint density at radius 3 is 2.63 bits per heavy atom. The van der Waals surface area contributed by atoms with Crippen LogP contribution < -0.4 is 14.2 Å². The van der Waals surface area contributed by atoms with Gasteiger partial charge in [-0.15, -0.1) is 0 Å². The van der Waals surface area contributed by atoms with E-state index < -0.39 is 16.0 Å². The topological polar surface area (TPSA) is 105 Å². The van der Waals surface area contributed by atoms with Gasteiger partial charge in [-0.2, -0.15) is 0 Å². The lowest BCUT2D eigenvalue weighted by molar-refractivity contribution is 0.0439. The molecular formula is C17H19NO8S. The summed E-state index contributed by atoms with van der Waals surface area (Å²) in [6.07, 6.45) is 0. The number of esters is 1. The van der Waals surface area contributed by atoms with Crippen molar-refractivity contribution >= 4 is 16.0 Å². The third-order valence-electron chi connectivity index (χ3n) is 3.78. The van der Waals surface area contributed by atoms with Crippen LogP contribution >= 0.6 is 0 Å². The van der Waals surface area contributed by atoms with Crippen LogP contribution in [0.4, 0.5) is 0 Å². The van der Waals surface area contributed by atoms with Crippen LogP contribution in [0.3, 0.4) is 0 Å². The molecule has 2 aromatic rings. The molecule has 1 aliphatic heterocycles. The molecule has 0 amide bonds. The first-order valence-electron chi connectivity index (χ1n) is 7.99. The standard InChI is InChI=1S/C17H19NO8S/c1-18(2)27(20,21)15-5-4-12(26-15)10-25-17(19)11-8-13(22-3)16-14(9-11)23-6-7-24-16/h4-5,8-9H,6-7,10H2,1-3H3. The molecule has 0 saturated carbocycles. The Hall–Kier alpha value is -2.72. The lowest BCUT2D eigenvalue weighted by atomic mass is 10.1. The van der Waals surface area contributed by atoms with Gasteiger partial charge < -0.3 is 23.4 Å². The smallest absolute Gasteiger partial charge is 0.338 e. The van der Waals surface area contributed by atoms with Gasteiger partial charge in [-0.1, -0.05) is 0 Å². The Morgan fingerprint density at radius 2 is 1.93 bits per heavy atom. The van der Waals surface area contributed by atoms with Crippen molar-refractivity contribution in [1.29, 1.82) is 0 Å². The second-order valence-corrected chi connectivity index (χ2v) is 7.87. The largest absolute Gasteiger partial charge is 0.493 e. The fourth-order valence-corrected chi connectivity index (χ4v) is 3.18. The summed E-state index contributed by atoms with van der Waals surface area (Å²) in [7, 11) is 0.561. The van der Waals surface area contributed by atoms with Gasteiger partial charge in [0, 0.05) is 14.1 Å². The number of hydrogen-bond donors (Lipinski definition) is 0. The predicted octanol–water partition coefficient (Wildman–Crippen LogP) is 1.67. The van der Waals surface area contributed by atoms with E-state index in [9.17, 15) is 13.2 Å². The molecule has 1 aliphatic rings. The number of furan rings is 1. The summed E-state index contributed by atoms with van der Waals surface area (Å²) in [4.78, 5) is 12.3. The first kappa shape index (κ1) is 19.1. The zero-order valence-electron chi connectivity index (χ0n) is 15.1. The molecule has 10 heteroatoms. The van der Waals surface area contributed by atoms with E-state index in [0.29, 0.717) is 30.5 Å². The zero-order valence-corrected chi connectivity index (χ0v) is 15.9. The van der Waals surface area contributed by atoms with Crippen molar-refractivity contribution in [2.24, 2.45) is 0 Å². The lowest BCUT2D eigenvalue weighted by Crippen LogP contribution is -2.21. The van der Waals surface area contributed by atoms with Gasteiger partial charge in [-0.3, -0.25) is 0 Å². The summed E-state index contributed by atoms with van der Waals surface area (Å²) in [5.41, 5.74) is 0.212. The molecule has 1 aromatic heterocycles. The Labute approximate surface area is 156 Å². The average molecular weight is 397 g/mol. The van der Waals surface area contributed by atoms with Crippen LogP contribution in [0.1, 0.15) is 16.1 Å². The van der Waals surface area contributed by atoms with Crippen molar-refractivity contribution in [3.63, 3.8) is 0 Å². The van der Waals surface area contributed by atoms with Crippen molar-refractivity contribution in [2.75, 3.05) is 34.4 Å². The third kappa shape index (κ3) is 3.86. The normalized spacial score (nSPS) is 13.5. The van der Waals surface area contributed by atoms with Gasteiger partial charge in [0.25, 0.3) is 10.0 Å². The highest BCUT2D eigenvalue weighted by atomic mass is 32.2. The minimum absolute atomic E-state index is 0.202. The number of carbonyl (C=O) groups is 1. The van der Waals surface area contributed by atoms with Crippen LogP contribution in [0.15, 0.2) is 33.8 Å². The number of fused-ring (bicyclic) bond motifs is 1. The maximum Gasteiger partial charge on any atom is 0.338 e. The first-order chi connectivity index (χ1) is 12.8. The summed E-state index contributed by atoms with van der Waals surface area (Å²) < 4.78 is 51.7. The fraction of sp³-hybridized carbons (Fsp3) is 0.353. The van der Waals surface area contributed by atoms with Crippen LogP contribution in [0.5, 0.6) is 17.2 Å². The number of carbonyl (C=O) groups excluding carboxylic acids is 1. The third-order valence-corrected chi connectivity index (χ3v) is 5.47. The van der Waals surface area contributed by atoms with E-state index in [1.165, 1.54) is 45.5 Å². The van der Waals surface area contributed by atoms with Gasteiger partial charge in [-0.25, -0.2) is 17.5 Å². The number of methoxy groups -OCH3 is 1. The Kier molecular flexibility index (Phi) is 5.29. The molecule has 0 bridgehead atoms. The van der Waals surface area contributed by atoms with Crippen molar-refractivity contribution in [2.45, 2.75) is 11.7 Å². The van der Waals surface area contributed by atoms with Crippen LogP contribution in [0, 0.1) is 0 Å². The predicted molar refractivity (Wildman–Crippen MR) is 92.7 cm³/mol. The second-order valence-electron chi connectivity index (χ2n) is 5.79. The van der Waals surface area contributed by atoms with Crippen LogP contribution in [0.25, 0.3) is 0 Å². The van der Waals surface area contributed by atoms with E-state index in [4.69, 9.17) is 23.4 Å². The maximum atomic E-state index is 12.3. The lowest BCUT2D eigenvalue weighted by Gasteiger charge is -2.21. The Bertz CT molecular complexity index is 931. The molecule has 9 nitrogen and oxygen atoms in total. The molecule has 2 heterocycles. The molecule has 0 aliphatic carbocycles. The number of benzene rings is 1. The molecule has 0 N–H and O–H groups in total. The van der Waals surface area contributed by atoms with Crippen LogP contribution in [0.2, 0.25) is 0 Å². The highest BCUT2D eigenvalue weighted by Gasteiger charge is 2.23. The van der Waals surface area contributed by atoms with E-state index in [0.717, 1.165) is 4.31 Å². The minimum atomic E-state index is -3.69. The molecular weight excluding hydrogens is 378 g/mol. The van der Waals surface area contributed by atoms with Crippen LogP contribution in [-0.4, -0.2) is 53.1 Å². The fourth-order valence-electron chi connectivity index (χ4n) is 2.37. The van der Waals surface area contributed by atoms with Gasteiger partial charge in [0.05, 0.1) is 12.7 Å². The van der Waals surface area contributed by atoms with Gasteiger partial charge in [-0.05, 0) is 24.3 Å². The van der Waals surface area contributed by atoms with E-state index in [1.54, 1.807) is 0 Å². The molecule has 0 fully saturated rings. The number of sulfonamides is 1. The summed E-state index contributed by atoms with van der Waals surface area (Å²) in [6.45, 7) is 0.534. The Balaban J connectivity index is 1.73. The van der Waals surface area contributed by atoms with Gasteiger partial charge in [0.15, 0.2) is 11.5 Å². The molecule has 0 atom stereocenters. The highest BCUT2D eigenvalue weighted by molar-refractivity contribution is 7.88. The van der Waals surface area contributed by atoms with Crippen molar-refractivity contribution in [3.8, 4) is 17.2 Å². The van der Waals surface area contributed by atoms with Gasteiger partial charge in [0.1, 0.15) is 25.6 Å². The maximum absolute atomic E-state index is 12.3. The zero-order chi connectivity index (χ0) is 19.6. The SMILES string of the molecule is COc1cc(C(=O)OCc2ccc(S(=O)(=O)N(C)C)o2)cc2c1OCCO2. The second kappa shape index (κ2) is 7.49. The molecule has 0 radical (unpaired) electrons. The summed E-state index contributed by atoms with van der Waals surface area (Å²) in [5, 5.41) is -0.223. The quantitative estimate of drug-likeness (QED) is 0.678. The average Bonchev–Trinajstić information content (AvgIpc) is 3.14. The molecule has 1 aromatic carbocycles. The highest BCUT2D eigenvalue weighted by Crippen LogP contribution is 2.40. The van der Waals surface area contributed by atoms with E-state index in [-0.39, 0.29) is 23.0 Å². The molecule has 0 saturated heterocycles. The van der Waals surface area contributed by atoms with Gasteiger partial charge >= 0.3 is 5.97 Å². The summed E-state index contributed by atoms with van der Waals surface area (Å²) in [5.74, 6) is 0.748. The summed E-state index contributed by atoms with van der Waals surface area (Å²) >= 11 is 0. The van der Waals surface area contributed by atoms with E-state index in [2.05, 4.69) is 0 Å². The number of ether oxygens (including phenoxy) is 4.